The van der Waals surface area contributed by atoms with Gasteiger partial charge in [-0.2, -0.15) is 0 Å². The molecule has 1 aromatic carbocycles. The summed E-state index contributed by atoms with van der Waals surface area (Å²) in [4.78, 5) is 30.8. The Labute approximate surface area is 181 Å². The molecule has 2 N–H and O–H groups in total. The molecule has 30 heavy (non-hydrogen) atoms. The summed E-state index contributed by atoms with van der Waals surface area (Å²) in [6, 6.07) is 8.31. The summed E-state index contributed by atoms with van der Waals surface area (Å²) in [6.45, 7) is 9.78. The molecule has 2 aromatic rings. The van der Waals surface area contributed by atoms with Gasteiger partial charge in [-0.3, -0.25) is 14.5 Å². The van der Waals surface area contributed by atoms with Crippen molar-refractivity contribution in [2.45, 2.75) is 46.4 Å². The minimum atomic E-state index is -0.108. The molecule has 1 atom stereocenters. The molecule has 1 aliphatic heterocycles. The second kappa shape index (κ2) is 10.7. The minimum Gasteiger partial charge on any atom is -0.376 e. The molecule has 0 radical (unpaired) electrons. The number of amides is 2. The van der Waals surface area contributed by atoms with Crippen LogP contribution < -0.4 is 10.6 Å². The molecule has 162 valence electrons. The maximum atomic E-state index is 12.3. The first-order valence-corrected chi connectivity index (χ1v) is 11.2. The third-order valence-corrected chi connectivity index (χ3v) is 5.67. The van der Waals surface area contributed by atoms with Crippen LogP contribution in [0.5, 0.6) is 0 Å². The van der Waals surface area contributed by atoms with Gasteiger partial charge in [-0.1, -0.05) is 38.1 Å². The quantitative estimate of drug-likeness (QED) is 0.673. The molecule has 0 spiro atoms. The van der Waals surface area contributed by atoms with Crippen LogP contribution in [0.4, 0.5) is 5.13 Å². The predicted molar refractivity (Wildman–Crippen MR) is 118 cm³/mol. The van der Waals surface area contributed by atoms with Gasteiger partial charge in [0.1, 0.15) is 0 Å². The van der Waals surface area contributed by atoms with Crippen LogP contribution in [-0.4, -0.2) is 47.5 Å². The van der Waals surface area contributed by atoms with Crippen LogP contribution in [0.15, 0.2) is 29.6 Å². The molecule has 0 bridgehead atoms. The highest BCUT2D eigenvalue weighted by atomic mass is 32.1. The van der Waals surface area contributed by atoms with Gasteiger partial charge in [-0.15, -0.1) is 11.3 Å². The van der Waals surface area contributed by atoms with Gasteiger partial charge in [-0.25, -0.2) is 4.98 Å². The number of aromatic nitrogens is 1. The van der Waals surface area contributed by atoms with Gasteiger partial charge in [0, 0.05) is 37.5 Å². The van der Waals surface area contributed by atoms with Crippen molar-refractivity contribution < 1.29 is 14.3 Å². The molecule has 2 amide bonds. The number of benzene rings is 1. The van der Waals surface area contributed by atoms with E-state index in [0.29, 0.717) is 17.4 Å². The second-order valence-corrected chi connectivity index (χ2v) is 8.84. The highest BCUT2D eigenvalue weighted by molar-refractivity contribution is 7.13. The molecular formula is C22H30N4O3S. The van der Waals surface area contributed by atoms with E-state index in [1.54, 1.807) is 5.38 Å². The number of thiazole rings is 1. The Morgan fingerprint density at radius 1 is 1.33 bits per heavy atom. The lowest BCUT2D eigenvalue weighted by molar-refractivity contribution is -0.120. The van der Waals surface area contributed by atoms with Gasteiger partial charge in [0.05, 0.1) is 24.8 Å². The van der Waals surface area contributed by atoms with E-state index in [4.69, 9.17) is 4.74 Å². The summed E-state index contributed by atoms with van der Waals surface area (Å²) >= 11 is 1.33. The van der Waals surface area contributed by atoms with Crippen molar-refractivity contribution in [1.29, 1.82) is 0 Å². The van der Waals surface area contributed by atoms with Crippen LogP contribution in [0.25, 0.3) is 0 Å². The maximum absolute atomic E-state index is 12.3. The number of nitrogens with zero attached hydrogens (tertiary/aromatic N) is 2. The van der Waals surface area contributed by atoms with E-state index in [0.717, 1.165) is 31.8 Å². The highest BCUT2D eigenvalue weighted by Crippen LogP contribution is 2.17. The van der Waals surface area contributed by atoms with Gasteiger partial charge < -0.3 is 15.4 Å². The van der Waals surface area contributed by atoms with Crippen LogP contribution in [0.2, 0.25) is 0 Å². The monoisotopic (exact) mass is 430 g/mol. The molecule has 8 heteroatoms. The van der Waals surface area contributed by atoms with Gasteiger partial charge >= 0.3 is 0 Å². The van der Waals surface area contributed by atoms with E-state index in [1.807, 2.05) is 26.0 Å². The predicted octanol–water partition coefficient (Wildman–Crippen LogP) is 2.82. The fourth-order valence-corrected chi connectivity index (χ4v) is 3.97. The molecule has 1 fully saturated rings. The molecule has 0 aliphatic carbocycles. The van der Waals surface area contributed by atoms with E-state index >= 15 is 0 Å². The Hall–Kier alpha value is -2.29. The molecule has 0 saturated carbocycles. The number of anilines is 1. The largest absolute Gasteiger partial charge is 0.376 e. The average Bonchev–Trinajstić information content (AvgIpc) is 3.13. The SMILES string of the molecule is CC1CN(Cc2cccc(CNC(=O)Cc3csc(NC(=O)C(C)C)n3)c2)CCO1. The van der Waals surface area contributed by atoms with E-state index in [-0.39, 0.29) is 30.3 Å². The second-order valence-electron chi connectivity index (χ2n) is 7.98. The van der Waals surface area contributed by atoms with E-state index in [2.05, 4.69) is 39.6 Å². The summed E-state index contributed by atoms with van der Waals surface area (Å²) in [7, 11) is 0. The lowest BCUT2D eigenvalue weighted by Crippen LogP contribution is -2.40. The topological polar surface area (TPSA) is 83.6 Å². The summed E-state index contributed by atoms with van der Waals surface area (Å²) in [5, 5.41) is 8.05. The summed E-state index contributed by atoms with van der Waals surface area (Å²) < 4.78 is 5.60. The third kappa shape index (κ3) is 6.90. The summed E-state index contributed by atoms with van der Waals surface area (Å²) in [5.41, 5.74) is 2.97. The van der Waals surface area contributed by atoms with E-state index in [1.165, 1.54) is 16.9 Å². The molecule has 3 rings (SSSR count). The van der Waals surface area contributed by atoms with Crippen LogP contribution >= 0.6 is 11.3 Å². The normalized spacial score (nSPS) is 17.1. The van der Waals surface area contributed by atoms with Crippen LogP contribution in [0.1, 0.15) is 37.6 Å². The van der Waals surface area contributed by atoms with Crippen LogP contribution in [0.3, 0.4) is 0 Å². The molecule has 1 aromatic heterocycles. The van der Waals surface area contributed by atoms with E-state index in [9.17, 15) is 9.59 Å². The number of carbonyl (C=O) groups is 2. The number of carbonyl (C=O) groups excluding carboxylic acids is 2. The number of hydrogen-bond donors (Lipinski definition) is 2. The molecular weight excluding hydrogens is 400 g/mol. The van der Waals surface area contributed by atoms with Gasteiger partial charge in [0.2, 0.25) is 11.8 Å². The van der Waals surface area contributed by atoms with Crippen molar-refractivity contribution in [3.05, 3.63) is 46.5 Å². The summed E-state index contributed by atoms with van der Waals surface area (Å²) in [6.07, 6.45) is 0.463. The van der Waals surface area contributed by atoms with Crippen LogP contribution in [0, 0.1) is 5.92 Å². The number of ether oxygens (including phenoxy) is 1. The molecule has 7 nitrogen and oxygen atoms in total. The Kier molecular flexibility index (Phi) is 7.95. The fraction of sp³-hybridized carbons (Fsp3) is 0.500. The lowest BCUT2D eigenvalue weighted by atomic mass is 10.1. The zero-order valence-electron chi connectivity index (χ0n) is 17.8. The first kappa shape index (κ1) is 22.4. The number of morpholine rings is 1. The highest BCUT2D eigenvalue weighted by Gasteiger charge is 2.17. The Bertz CT molecular complexity index is 868. The molecule has 1 aliphatic rings. The number of nitrogens with one attached hydrogen (secondary N) is 2. The Balaban J connectivity index is 1.47. The van der Waals surface area contributed by atoms with Crippen molar-refractivity contribution in [3.8, 4) is 0 Å². The standard InChI is InChI=1S/C22H30N4O3S/c1-15(2)21(28)25-22-24-19(14-30-22)10-20(27)23-11-17-5-4-6-18(9-17)13-26-7-8-29-16(3)12-26/h4-6,9,14-16H,7-8,10-13H2,1-3H3,(H,23,27)(H,24,25,28). The third-order valence-electron chi connectivity index (χ3n) is 4.86. The van der Waals surface area contributed by atoms with Crippen molar-refractivity contribution >= 4 is 28.3 Å². The Morgan fingerprint density at radius 2 is 2.13 bits per heavy atom. The van der Waals surface area contributed by atoms with Crippen molar-refractivity contribution in [2.75, 3.05) is 25.0 Å². The zero-order chi connectivity index (χ0) is 21.5. The summed E-state index contributed by atoms with van der Waals surface area (Å²) in [5.74, 6) is -0.274. The molecule has 1 saturated heterocycles. The van der Waals surface area contributed by atoms with Gasteiger partial charge in [0.15, 0.2) is 5.13 Å². The van der Waals surface area contributed by atoms with Crippen molar-refractivity contribution in [1.82, 2.24) is 15.2 Å². The lowest BCUT2D eigenvalue weighted by Gasteiger charge is -2.31. The zero-order valence-corrected chi connectivity index (χ0v) is 18.6. The number of rotatable bonds is 8. The maximum Gasteiger partial charge on any atom is 0.228 e. The minimum absolute atomic E-state index is 0.0771. The molecule has 1 unspecified atom stereocenters. The van der Waals surface area contributed by atoms with E-state index < -0.39 is 0 Å². The molecule has 2 heterocycles. The van der Waals surface area contributed by atoms with Gasteiger partial charge in [0.25, 0.3) is 0 Å². The Morgan fingerprint density at radius 3 is 2.90 bits per heavy atom. The van der Waals surface area contributed by atoms with Crippen molar-refractivity contribution in [3.63, 3.8) is 0 Å². The van der Waals surface area contributed by atoms with Crippen molar-refractivity contribution in [2.24, 2.45) is 5.92 Å². The first-order valence-electron chi connectivity index (χ1n) is 10.3. The average molecular weight is 431 g/mol. The smallest absolute Gasteiger partial charge is 0.228 e. The first-order chi connectivity index (χ1) is 14.4. The number of hydrogen-bond acceptors (Lipinski definition) is 6. The van der Waals surface area contributed by atoms with Crippen LogP contribution in [-0.2, 0) is 33.8 Å². The fourth-order valence-electron chi connectivity index (χ4n) is 3.25. The van der Waals surface area contributed by atoms with Gasteiger partial charge in [-0.05, 0) is 18.1 Å².